The summed E-state index contributed by atoms with van der Waals surface area (Å²) in [6, 6.07) is 3.52. The molecule has 1 saturated heterocycles. The summed E-state index contributed by atoms with van der Waals surface area (Å²) in [5.74, 6) is -0.713. The number of fused-ring (bicyclic) bond motifs is 1. The molecular weight excluding hydrogens is 369 g/mol. The van der Waals surface area contributed by atoms with Crippen molar-refractivity contribution in [1.82, 2.24) is 10.2 Å². The lowest BCUT2D eigenvalue weighted by molar-refractivity contribution is -0.138. The van der Waals surface area contributed by atoms with E-state index < -0.39 is 0 Å². The third-order valence-electron chi connectivity index (χ3n) is 5.60. The Morgan fingerprint density at radius 3 is 2.93 bits per heavy atom. The van der Waals surface area contributed by atoms with E-state index in [-0.39, 0.29) is 47.6 Å². The van der Waals surface area contributed by atoms with Gasteiger partial charge in [0.1, 0.15) is 5.82 Å². The molecular formula is C20H29ClFN3O2. The molecule has 0 saturated carbocycles. The first kappa shape index (κ1) is 21.6. The zero-order valence-corrected chi connectivity index (χ0v) is 16.8. The van der Waals surface area contributed by atoms with Crippen molar-refractivity contribution in [3.8, 4) is 0 Å². The van der Waals surface area contributed by atoms with E-state index in [9.17, 15) is 14.0 Å². The van der Waals surface area contributed by atoms with Crippen molar-refractivity contribution in [3.63, 3.8) is 0 Å². The normalized spacial score (nSPS) is 20.3. The fourth-order valence-corrected chi connectivity index (χ4v) is 3.74. The van der Waals surface area contributed by atoms with Crippen molar-refractivity contribution in [2.24, 2.45) is 11.8 Å². The Morgan fingerprint density at radius 2 is 2.19 bits per heavy atom. The molecule has 7 heteroatoms. The van der Waals surface area contributed by atoms with E-state index in [1.54, 1.807) is 11.0 Å². The van der Waals surface area contributed by atoms with E-state index in [0.29, 0.717) is 31.6 Å². The van der Waals surface area contributed by atoms with Gasteiger partial charge in [-0.3, -0.25) is 9.59 Å². The van der Waals surface area contributed by atoms with Crippen LogP contribution in [0.25, 0.3) is 0 Å². The van der Waals surface area contributed by atoms with E-state index in [4.69, 9.17) is 0 Å². The van der Waals surface area contributed by atoms with Crippen molar-refractivity contribution < 1.29 is 14.0 Å². The van der Waals surface area contributed by atoms with Crippen LogP contribution in [0.1, 0.15) is 44.2 Å². The molecule has 2 unspecified atom stereocenters. The van der Waals surface area contributed by atoms with E-state index in [1.165, 1.54) is 0 Å². The molecule has 0 aromatic heterocycles. The minimum Gasteiger partial charge on any atom is -0.342 e. The Balaban J connectivity index is 0.00000261. The number of amides is 2. The summed E-state index contributed by atoms with van der Waals surface area (Å²) in [4.78, 5) is 26.9. The number of anilines is 1. The second kappa shape index (κ2) is 9.51. The number of nitrogens with one attached hydrogen (secondary N) is 2. The largest absolute Gasteiger partial charge is 0.342 e. The van der Waals surface area contributed by atoms with Crippen molar-refractivity contribution in [2.75, 3.05) is 25.0 Å². The number of rotatable bonds is 4. The molecule has 1 aromatic carbocycles. The summed E-state index contributed by atoms with van der Waals surface area (Å²) in [5.41, 5.74) is 1.90. The molecule has 3 rings (SSSR count). The third-order valence-corrected chi connectivity index (χ3v) is 5.60. The van der Waals surface area contributed by atoms with E-state index in [0.717, 1.165) is 31.4 Å². The van der Waals surface area contributed by atoms with Crippen molar-refractivity contribution in [2.45, 2.75) is 46.1 Å². The van der Waals surface area contributed by atoms with Gasteiger partial charge < -0.3 is 15.5 Å². The Hall–Kier alpha value is -1.66. The molecule has 0 radical (unpaired) electrons. The minimum absolute atomic E-state index is 0. The van der Waals surface area contributed by atoms with Gasteiger partial charge in [-0.25, -0.2) is 4.39 Å². The molecule has 2 amide bonds. The Kier molecular flexibility index (Phi) is 7.62. The van der Waals surface area contributed by atoms with Crippen molar-refractivity contribution in [1.29, 1.82) is 0 Å². The number of nitrogens with zero attached hydrogens (tertiary/aromatic N) is 1. The maximum atomic E-state index is 14.7. The molecule has 1 fully saturated rings. The molecule has 2 atom stereocenters. The smallest absolute Gasteiger partial charge is 0.229 e. The first-order chi connectivity index (χ1) is 12.5. The predicted molar refractivity (Wildman–Crippen MR) is 106 cm³/mol. The van der Waals surface area contributed by atoms with Crippen molar-refractivity contribution >= 4 is 29.9 Å². The fourth-order valence-electron chi connectivity index (χ4n) is 3.74. The lowest BCUT2D eigenvalue weighted by Gasteiger charge is -2.33. The van der Waals surface area contributed by atoms with Gasteiger partial charge in [-0.2, -0.15) is 0 Å². The highest BCUT2D eigenvalue weighted by molar-refractivity contribution is 5.93. The monoisotopic (exact) mass is 397 g/mol. The highest BCUT2D eigenvalue weighted by atomic mass is 35.5. The summed E-state index contributed by atoms with van der Waals surface area (Å²) in [7, 11) is 0. The number of hydrogen-bond acceptors (Lipinski definition) is 3. The van der Waals surface area contributed by atoms with Crippen LogP contribution in [0.2, 0.25) is 0 Å². The SMILES string of the molecule is CCC(C)C(=O)N1CCCC(C(=O)Nc2ccc3c(c2F)CCNC3)C1.Cl. The minimum atomic E-state index is -0.319. The summed E-state index contributed by atoms with van der Waals surface area (Å²) in [6.07, 6.45) is 2.96. The average molecular weight is 398 g/mol. The summed E-state index contributed by atoms with van der Waals surface area (Å²) in [6.45, 7) is 6.44. The van der Waals surface area contributed by atoms with Crippen LogP contribution in [-0.4, -0.2) is 36.3 Å². The van der Waals surface area contributed by atoms with Crippen LogP contribution in [0.3, 0.4) is 0 Å². The molecule has 0 bridgehead atoms. The Morgan fingerprint density at radius 1 is 1.41 bits per heavy atom. The predicted octanol–water partition coefficient (Wildman–Crippen LogP) is 3.12. The quantitative estimate of drug-likeness (QED) is 0.820. The van der Waals surface area contributed by atoms with Crippen molar-refractivity contribution in [3.05, 3.63) is 29.1 Å². The third kappa shape index (κ3) is 4.79. The molecule has 2 aliphatic heterocycles. The van der Waals surface area contributed by atoms with E-state index in [2.05, 4.69) is 10.6 Å². The number of benzene rings is 1. The van der Waals surface area contributed by atoms with Crippen LogP contribution in [0, 0.1) is 17.7 Å². The second-order valence-electron chi connectivity index (χ2n) is 7.41. The zero-order chi connectivity index (χ0) is 18.7. The van der Waals surface area contributed by atoms with Crippen LogP contribution in [0.15, 0.2) is 12.1 Å². The lowest BCUT2D eigenvalue weighted by Crippen LogP contribution is -2.45. The average Bonchev–Trinajstić information content (AvgIpc) is 2.69. The molecule has 150 valence electrons. The number of halogens is 2. The number of carbonyl (C=O) groups is 2. The van der Waals surface area contributed by atoms with Gasteiger partial charge in [0, 0.05) is 25.6 Å². The first-order valence-electron chi connectivity index (χ1n) is 9.61. The van der Waals surface area contributed by atoms with Crippen LogP contribution >= 0.6 is 12.4 Å². The Labute approximate surface area is 166 Å². The van der Waals surface area contributed by atoms with Gasteiger partial charge in [0.15, 0.2) is 0 Å². The summed E-state index contributed by atoms with van der Waals surface area (Å²) in [5, 5.41) is 5.98. The second-order valence-corrected chi connectivity index (χ2v) is 7.41. The summed E-state index contributed by atoms with van der Waals surface area (Å²) >= 11 is 0. The van der Waals surface area contributed by atoms with E-state index in [1.807, 2.05) is 19.9 Å². The maximum absolute atomic E-state index is 14.7. The zero-order valence-electron chi connectivity index (χ0n) is 16.0. The van der Waals surface area contributed by atoms with Crippen LogP contribution < -0.4 is 10.6 Å². The van der Waals surface area contributed by atoms with Crippen LogP contribution in [0.4, 0.5) is 10.1 Å². The molecule has 5 nitrogen and oxygen atoms in total. The molecule has 2 N–H and O–H groups in total. The highest BCUT2D eigenvalue weighted by Gasteiger charge is 2.30. The lowest BCUT2D eigenvalue weighted by atomic mass is 9.95. The summed E-state index contributed by atoms with van der Waals surface area (Å²) < 4.78 is 14.7. The van der Waals surface area contributed by atoms with Gasteiger partial charge in [-0.05, 0) is 49.4 Å². The van der Waals surface area contributed by atoms with Crippen LogP contribution in [-0.2, 0) is 22.6 Å². The first-order valence-corrected chi connectivity index (χ1v) is 9.61. The van der Waals surface area contributed by atoms with Gasteiger partial charge >= 0.3 is 0 Å². The fraction of sp³-hybridized carbons (Fsp3) is 0.600. The van der Waals surface area contributed by atoms with E-state index >= 15 is 0 Å². The van der Waals surface area contributed by atoms with Gasteiger partial charge in [0.05, 0.1) is 11.6 Å². The maximum Gasteiger partial charge on any atom is 0.229 e. The number of likely N-dealkylation sites (tertiary alicyclic amines) is 1. The number of piperidine rings is 1. The molecule has 2 aliphatic rings. The molecule has 2 heterocycles. The van der Waals surface area contributed by atoms with Gasteiger partial charge in [0.25, 0.3) is 0 Å². The Bertz CT molecular complexity index is 698. The highest BCUT2D eigenvalue weighted by Crippen LogP contribution is 2.26. The number of carbonyl (C=O) groups excluding carboxylic acids is 2. The molecule has 27 heavy (non-hydrogen) atoms. The van der Waals surface area contributed by atoms with Gasteiger partial charge in [0.2, 0.25) is 11.8 Å². The standard InChI is InChI=1S/C20H28FN3O2.ClH/c1-3-13(2)20(26)24-10-4-5-15(12-24)19(25)23-17-7-6-14-11-22-9-8-16(14)18(17)21;/h6-7,13,15,22H,3-5,8-12H2,1-2H3,(H,23,25);1H. The molecule has 0 aliphatic carbocycles. The molecule has 1 aromatic rings. The van der Waals surface area contributed by atoms with Crippen LogP contribution in [0.5, 0.6) is 0 Å². The molecule has 0 spiro atoms. The van der Waals surface area contributed by atoms with Gasteiger partial charge in [-0.1, -0.05) is 19.9 Å². The topological polar surface area (TPSA) is 61.4 Å². The number of hydrogen-bond donors (Lipinski definition) is 2. The van der Waals surface area contributed by atoms with Gasteiger partial charge in [-0.15, -0.1) is 12.4 Å².